The number of carbonyl (C=O) groups is 2. The second-order valence-electron chi connectivity index (χ2n) is 7.56. The van der Waals surface area contributed by atoms with Crippen molar-refractivity contribution in [3.05, 3.63) is 104 Å². The Balaban J connectivity index is 1.47. The number of non-ortho nitro benzene ring substituents is 1. The fourth-order valence-electron chi connectivity index (χ4n) is 3.79. The minimum Gasteiger partial charge on any atom is -0.348 e. The van der Waals surface area contributed by atoms with Gasteiger partial charge in [0.15, 0.2) is 0 Å². The summed E-state index contributed by atoms with van der Waals surface area (Å²) in [5.41, 5.74) is 4.22. The number of anilines is 1. The molecule has 0 radical (unpaired) electrons. The highest BCUT2D eigenvalue weighted by molar-refractivity contribution is 6.34. The van der Waals surface area contributed by atoms with E-state index in [1.165, 1.54) is 23.3 Å². The summed E-state index contributed by atoms with van der Waals surface area (Å²) in [6, 6.07) is 16.5. The van der Waals surface area contributed by atoms with Gasteiger partial charge in [0.1, 0.15) is 0 Å². The Kier molecular flexibility index (Phi) is 6.18. The largest absolute Gasteiger partial charge is 0.348 e. The van der Waals surface area contributed by atoms with Gasteiger partial charge in [-0.3, -0.25) is 19.7 Å². The molecule has 0 aromatic heterocycles. The Morgan fingerprint density at radius 3 is 2.50 bits per heavy atom. The molecule has 0 spiro atoms. The number of benzene rings is 3. The van der Waals surface area contributed by atoms with Gasteiger partial charge in [0.25, 0.3) is 17.5 Å². The number of nitrogens with one attached hydrogen (secondary N) is 2. The van der Waals surface area contributed by atoms with E-state index in [2.05, 4.69) is 22.8 Å². The van der Waals surface area contributed by atoms with E-state index in [0.717, 1.165) is 30.9 Å². The molecule has 1 aliphatic carbocycles. The third-order valence-corrected chi connectivity index (χ3v) is 5.76. The third-order valence-electron chi connectivity index (χ3n) is 5.44. The van der Waals surface area contributed by atoms with Crippen molar-refractivity contribution in [2.24, 2.45) is 0 Å². The van der Waals surface area contributed by atoms with Crippen LogP contribution in [-0.4, -0.2) is 16.7 Å². The molecule has 7 nitrogen and oxygen atoms in total. The number of amides is 2. The summed E-state index contributed by atoms with van der Waals surface area (Å²) in [5, 5.41) is 16.4. The minimum atomic E-state index is -0.589. The number of aryl methyl sites for hydroxylation is 2. The van der Waals surface area contributed by atoms with Crippen LogP contribution in [0, 0.1) is 10.1 Å². The lowest BCUT2D eigenvalue weighted by Crippen LogP contribution is -2.25. The number of rotatable bonds is 6. The molecule has 0 aliphatic heterocycles. The first-order valence-electron chi connectivity index (χ1n) is 10.2. The van der Waals surface area contributed by atoms with Crippen LogP contribution in [0.15, 0.2) is 60.7 Å². The fourth-order valence-corrected chi connectivity index (χ4v) is 4.05. The van der Waals surface area contributed by atoms with Gasteiger partial charge in [-0.05, 0) is 54.2 Å². The summed E-state index contributed by atoms with van der Waals surface area (Å²) in [7, 11) is 0. The van der Waals surface area contributed by atoms with Crippen molar-refractivity contribution in [2.45, 2.75) is 25.8 Å². The molecule has 0 heterocycles. The van der Waals surface area contributed by atoms with E-state index in [-0.39, 0.29) is 22.2 Å². The number of nitro groups is 1. The van der Waals surface area contributed by atoms with Crippen LogP contribution in [0.1, 0.15) is 43.8 Å². The molecule has 0 saturated heterocycles. The second kappa shape index (κ2) is 9.20. The molecule has 2 N–H and O–H groups in total. The summed E-state index contributed by atoms with van der Waals surface area (Å²) in [6.07, 6.45) is 3.34. The van der Waals surface area contributed by atoms with Crippen LogP contribution in [0.4, 0.5) is 11.4 Å². The monoisotopic (exact) mass is 449 g/mol. The molecule has 0 bridgehead atoms. The maximum absolute atomic E-state index is 12.8. The smallest absolute Gasteiger partial charge is 0.270 e. The molecule has 0 unspecified atom stereocenters. The molecule has 0 fully saturated rings. The zero-order valence-corrected chi connectivity index (χ0v) is 17.8. The first-order chi connectivity index (χ1) is 15.4. The summed E-state index contributed by atoms with van der Waals surface area (Å²) >= 11 is 6.05. The van der Waals surface area contributed by atoms with E-state index in [9.17, 15) is 19.7 Å². The van der Waals surface area contributed by atoms with Gasteiger partial charge >= 0.3 is 0 Å². The number of hydrogen-bond donors (Lipinski definition) is 2. The molecule has 2 amide bonds. The average molecular weight is 450 g/mol. The molecule has 0 atom stereocenters. The van der Waals surface area contributed by atoms with Gasteiger partial charge in [0, 0.05) is 18.7 Å². The predicted octanol–water partition coefficient (Wildman–Crippen LogP) is 4.92. The van der Waals surface area contributed by atoms with Crippen LogP contribution in [-0.2, 0) is 19.4 Å². The van der Waals surface area contributed by atoms with Crippen molar-refractivity contribution in [1.29, 1.82) is 0 Å². The Hall–Kier alpha value is -3.71. The molecular weight excluding hydrogens is 430 g/mol. The number of nitro benzene ring substituents is 1. The first-order valence-corrected chi connectivity index (χ1v) is 10.5. The molecule has 3 aromatic carbocycles. The van der Waals surface area contributed by atoms with Crippen molar-refractivity contribution in [3.63, 3.8) is 0 Å². The molecule has 3 aromatic rings. The molecule has 4 rings (SSSR count). The quantitative estimate of drug-likeness (QED) is 0.412. The molecule has 0 saturated carbocycles. The van der Waals surface area contributed by atoms with Crippen molar-refractivity contribution in [3.8, 4) is 0 Å². The number of para-hydroxylation sites is 1. The highest BCUT2D eigenvalue weighted by atomic mass is 35.5. The van der Waals surface area contributed by atoms with Crippen LogP contribution >= 0.6 is 11.6 Å². The molecule has 162 valence electrons. The van der Waals surface area contributed by atoms with Crippen molar-refractivity contribution in [2.75, 3.05) is 5.32 Å². The van der Waals surface area contributed by atoms with Crippen LogP contribution < -0.4 is 10.6 Å². The minimum absolute atomic E-state index is 0.0461. The number of halogens is 1. The lowest BCUT2D eigenvalue weighted by atomic mass is 10.1. The number of carbonyl (C=O) groups excluding carboxylic acids is 2. The summed E-state index contributed by atoms with van der Waals surface area (Å²) in [5.74, 6) is -0.889. The normalized spacial score (nSPS) is 12.2. The maximum Gasteiger partial charge on any atom is 0.270 e. The number of hydrogen-bond acceptors (Lipinski definition) is 4. The van der Waals surface area contributed by atoms with E-state index >= 15 is 0 Å². The first kappa shape index (κ1) is 21.5. The van der Waals surface area contributed by atoms with Crippen molar-refractivity contribution < 1.29 is 14.5 Å². The molecule has 8 heteroatoms. The Morgan fingerprint density at radius 2 is 1.72 bits per heavy atom. The van der Waals surface area contributed by atoms with Gasteiger partial charge in [0.05, 0.1) is 26.8 Å². The Morgan fingerprint density at radius 1 is 0.938 bits per heavy atom. The SMILES string of the molecule is O=C(Nc1ccccc1C(=O)NCc1ccc2c(c1)CCC2)c1ccc([N+](=O)[O-])cc1Cl. The number of fused-ring (bicyclic) bond motifs is 1. The number of nitrogens with zero attached hydrogens (tertiary/aromatic N) is 1. The van der Waals surface area contributed by atoms with E-state index in [0.29, 0.717) is 17.8 Å². The zero-order chi connectivity index (χ0) is 22.7. The van der Waals surface area contributed by atoms with Gasteiger partial charge in [-0.15, -0.1) is 0 Å². The molecule has 32 heavy (non-hydrogen) atoms. The second-order valence-corrected chi connectivity index (χ2v) is 7.97. The van der Waals surface area contributed by atoms with Crippen LogP contribution in [0.3, 0.4) is 0 Å². The van der Waals surface area contributed by atoms with E-state index < -0.39 is 10.8 Å². The third kappa shape index (κ3) is 4.63. The van der Waals surface area contributed by atoms with Gasteiger partial charge in [-0.25, -0.2) is 0 Å². The summed E-state index contributed by atoms with van der Waals surface area (Å²) < 4.78 is 0. The van der Waals surface area contributed by atoms with Crippen LogP contribution in [0.25, 0.3) is 0 Å². The standard InChI is InChI=1S/C24H20ClN3O4/c25-21-13-18(28(31)32)10-11-19(21)24(30)27-22-7-2-1-6-20(22)23(29)26-14-15-8-9-16-4-3-5-17(16)12-15/h1-2,6-13H,3-5,14H2,(H,26,29)(H,27,30). The van der Waals surface area contributed by atoms with Gasteiger partial charge < -0.3 is 10.6 Å². The summed E-state index contributed by atoms with van der Waals surface area (Å²) in [4.78, 5) is 35.8. The highest BCUT2D eigenvalue weighted by Gasteiger charge is 2.18. The van der Waals surface area contributed by atoms with Crippen LogP contribution in [0.2, 0.25) is 5.02 Å². The lowest BCUT2D eigenvalue weighted by molar-refractivity contribution is -0.384. The predicted molar refractivity (Wildman–Crippen MR) is 122 cm³/mol. The van der Waals surface area contributed by atoms with E-state index in [4.69, 9.17) is 11.6 Å². The topological polar surface area (TPSA) is 101 Å². The van der Waals surface area contributed by atoms with Crippen LogP contribution in [0.5, 0.6) is 0 Å². The average Bonchev–Trinajstić information content (AvgIpc) is 3.25. The fraction of sp³-hybridized carbons (Fsp3) is 0.167. The zero-order valence-electron chi connectivity index (χ0n) is 17.1. The van der Waals surface area contributed by atoms with Gasteiger partial charge in [-0.2, -0.15) is 0 Å². The lowest BCUT2D eigenvalue weighted by Gasteiger charge is -2.12. The van der Waals surface area contributed by atoms with Gasteiger partial charge in [0.2, 0.25) is 0 Å². The Bertz CT molecular complexity index is 1230. The van der Waals surface area contributed by atoms with E-state index in [1.807, 2.05) is 6.07 Å². The summed E-state index contributed by atoms with van der Waals surface area (Å²) in [6.45, 7) is 0.378. The maximum atomic E-state index is 12.8. The van der Waals surface area contributed by atoms with Crippen molar-refractivity contribution in [1.82, 2.24) is 5.32 Å². The Labute approximate surface area is 189 Å². The molecule has 1 aliphatic rings. The van der Waals surface area contributed by atoms with Gasteiger partial charge in [-0.1, -0.05) is 41.9 Å². The molecular formula is C24H20ClN3O4. The van der Waals surface area contributed by atoms with Crippen molar-refractivity contribution >= 4 is 34.8 Å². The van der Waals surface area contributed by atoms with E-state index in [1.54, 1.807) is 24.3 Å². The highest BCUT2D eigenvalue weighted by Crippen LogP contribution is 2.25.